The Morgan fingerprint density at radius 1 is 1.38 bits per heavy atom. The van der Waals surface area contributed by atoms with Gasteiger partial charge in [-0.05, 0) is 31.9 Å². The van der Waals surface area contributed by atoms with Gasteiger partial charge in [-0.25, -0.2) is 0 Å². The van der Waals surface area contributed by atoms with Crippen molar-refractivity contribution in [2.24, 2.45) is 5.73 Å². The minimum atomic E-state index is 0.714. The molecule has 0 atom stereocenters. The molecule has 0 unspecified atom stereocenters. The van der Waals surface area contributed by atoms with Gasteiger partial charge < -0.3 is 5.73 Å². The molecule has 0 saturated heterocycles. The first-order valence-corrected chi connectivity index (χ1v) is 5.07. The molecular formula is C10H19N3. The molecule has 1 rings (SSSR count). The highest BCUT2D eigenvalue weighted by atomic mass is 15.3. The average Bonchev–Trinajstić information content (AvgIpc) is 2.50. The van der Waals surface area contributed by atoms with Gasteiger partial charge in [0.2, 0.25) is 0 Å². The summed E-state index contributed by atoms with van der Waals surface area (Å²) in [7, 11) is 0. The van der Waals surface area contributed by atoms with Crippen molar-refractivity contribution in [2.45, 2.75) is 39.7 Å². The molecule has 0 radical (unpaired) electrons. The maximum Gasteiger partial charge on any atom is 0.0525 e. The summed E-state index contributed by atoms with van der Waals surface area (Å²) >= 11 is 0. The fraction of sp³-hybridized carbons (Fsp3) is 0.700. The summed E-state index contributed by atoms with van der Waals surface area (Å²) in [6.45, 7) is 5.99. The molecule has 0 bridgehead atoms. The fourth-order valence-electron chi connectivity index (χ4n) is 1.61. The Morgan fingerprint density at radius 2 is 2.15 bits per heavy atom. The summed E-state index contributed by atoms with van der Waals surface area (Å²) < 4.78 is 2.08. The molecule has 0 saturated carbocycles. The van der Waals surface area contributed by atoms with Gasteiger partial charge in [0.1, 0.15) is 0 Å². The molecule has 13 heavy (non-hydrogen) atoms. The van der Waals surface area contributed by atoms with Crippen molar-refractivity contribution in [3.8, 4) is 0 Å². The normalized spacial score (nSPS) is 10.7. The highest BCUT2D eigenvalue weighted by Crippen LogP contribution is 2.11. The number of aromatic nitrogens is 2. The number of rotatable bonds is 5. The summed E-state index contributed by atoms with van der Waals surface area (Å²) in [5.74, 6) is 0. The van der Waals surface area contributed by atoms with E-state index in [9.17, 15) is 0 Å². The molecule has 0 aliphatic heterocycles. The molecule has 0 aromatic carbocycles. The topological polar surface area (TPSA) is 43.8 Å². The molecule has 3 nitrogen and oxygen atoms in total. The number of nitrogens with zero attached hydrogens (tertiary/aromatic N) is 2. The Kier molecular flexibility index (Phi) is 3.96. The van der Waals surface area contributed by atoms with Gasteiger partial charge in [-0.2, -0.15) is 5.10 Å². The van der Waals surface area contributed by atoms with Gasteiger partial charge in [0.25, 0.3) is 0 Å². The monoisotopic (exact) mass is 181 g/mol. The highest BCUT2D eigenvalue weighted by Gasteiger charge is 2.07. The zero-order chi connectivity index (χ0) is 9.68. The Balaban J connectivity index is 2.85. The van der Waals surface area contributed by atoms with E-state index in [1.165, 1.54) is 17.7 Å². The average molecular weight is 181 g/mol. The van der Waals surface area contributed by atoms with Crippen LogP contribution in [0.1, 0.15) is 31.5 Å². The zero-order valence-corrected chi connectivity index (χ0v) is 8.58. The largest absolute Gasteiger partial charge is 0.330 e. The SMILES string of the molecule is CCCc1c(CCN)cnn1CC. The molecule has 2 N–H and O–H groups in total. The van der Waals surface area contributed by atoms with Crippen LogP contribution < -0.4 is 5.73 Å². The number of nitrogens with two attached hydrogens (primary N) is 1. The van der Waals surface area contributed by atoms with Crippen LogP contribution in [0.25, 0.3) is 0 Å². The van der Waals surface area contributed by atoms with Crippen molar-refractivity contribution in [3.63, 3.8) is 0 Å². The van der Waals surface area contributed by atoms with Gasteiger partial charge >= 0.3 is 0 Å². The van der Waals surface area contributed by atoms with Crippen LogP contribution in [0.3, 0.4) is 0 Å². The van der Waals surface area contributed by atoms with Crippen LogP contribution >= 0.6 is 0 Å². The standard InChI is InChI=1S/C10H19N3/c1-3-5-10-9(6-7-11)8-12-13(10)4-2/h8H,3-7,11H2,1-2H3. The van der Waals surface area contributed by atoms with Crippen molar-refractivity contribution in [1.82, 2.24) is 9.78 Å². The van der Waals surface area contributed by atoms with E-state index in [2.05, 4.69) is 23.6 Å². The van der Waals surface area contributed by atoms with E-state index in [4.69, 9.17) is 5.73 Å². The highest BCUT2D eigenvalue weighted by molar-refractivity contribution is 5.18. The number of hydrogen-bond acceptors (Lipinski definition) is 2. The van der Waals surface area contributed by atoms with Crippen LogP contribution in [0, 0.1) is 0 Å². The van der Waals surface area contributed by atoms with Crippen molar-refractivity contribution in [1.29, 1.82) is 0 Å². The Labute approximate surface area is 79.9 Å². The van der Waals surface area contributed by atoms with Gasteiger partial charge in [0, 0.05) is 12.2 Å². The lowest BCUT2D eigenvalue weighted by atomic mass is 10.1. The second kappa shape index (κ2) is 5.02. The molecule has 0 fully saturated rings. The van der Waals surface area contributed by atoms with Gasteiger partial charge in [0.05, 0.1) is 6.20 Å². The van der Waals surface area contributed by atoms with E-state index in [1.54, 1.807) is 0 Å². The van der Waals surface area contributed by atoms with Crippen LogP contribution in [-0.4, -0.2) is 16.3 Å². The quantitative estimate of drug-likeness (QED) is 0.745. The smallest absolute Gasteiger partial charge is 0.0525 e. The zero-order valence-electron chi connectivity index (χ0n) is 8.58. The Morgan fingerprint density at radius 3 is 2.69 bits per heavy atom. The predicted molar refractivity (Wildman–Crippen MR) is 54.7 cm³/mol. The first kappa shape index (κ1) is 10.3. The van der Waals surface area contributed by atoms with Crippen LogP contribution in [0.4, 0.5) is 0 Å². The molecule has 0 aliphatic rings. The molecule has 0 amide bonds. The van der Waals surface area contributed by atoms with Crippen molar-refractivity contribution in [3.05, 3.63) is 17.5 Å². The van der Waals surface area contributed by atoms with E-state index >= 15 is 0 Å². The van der Waals surface area contributed by atoms with Gasteiger partial charge in [-0.1, -0.05) is 13.3 Å². The molecule has 1 aromatic heterocycles. The fourth-order valence-corrected chi connectivity index (χ4v) is 1.61. The summed E-state index contributed by atoms with van der Waals surface area (Å²) in [6.07, 6.45) is 5.20. The van der Waals surface area contributed by atoms with E-state index in [-0.39, 0.29) is 0 Å². The minimum Gasteiger partial charge on any atom is -0.330 e. The van der Waals surface area contributed by atoms with Crippen molar-refractivity contribution < 1.29 is 0 Å². The van der Waals surface area contributed by atoms with E-state index in [0.29, 0.717) is 6.54 Å². The molecule has 0 spiro atoms. The second-order valence-electron chi connectivity index (χ2n) is 3.22. The minimum absolute atomic E-state index is 0.714. The van der Waals surface area contributed by atoms with Crippen LogP contribution in [0.5, 0.6) is 0 Å². The lowest BCUT2D eigenvalue weighted by Crippen LogP contribution is -2.07. The molecule has 74 valence electrons. The van der Waals surface area contributed by atoms with Crippen molar-refractivity contribution >= 4 is 0 Å². The summed E-state index contributed by atoms with van der Waals surface area (Å²) in [4.78, 5) is 0. The second-order valence-corrected chi connectivity index (χ2v) is 3.22. The molecule has 3 heteroatoms. The third-order valence-electron chi connectivity index (χ3n) is 2.24. The maximum atomic E-state index is 5.54. The molecule has 1 heterocycles. The Hall–Kier alpha value is -0.830. The van der Waals surface area contributed by atoms with Crippen LogP contribution in [0.2, 0.25) is 0 Å². The van der Waals surface area contributed by atoms with E-state index < -0.39 is 0 Å². The van der Waals surface area contributed by atoms with Gasteiger partial charge in [-0.15, -0.1) is 0 Å². The number of aryl methyl sites for hydroxylation is 1. The first-order chi connectivity index (χ1) is 6.33. The van der Waals surface area contributed by atoms with Crippen LogP contribution in [0.15, 0.2) is 6.20 Å². The number of hydrogen-bond donors (Lipinski definition) is 1. The molecule has 0 aliphatic carbocycles. The van der Waals surface area contributed by atoms with Gasteiger partial charge in [-0.3, -0.25) is 4.68 Å². The maximum absolute atomic E-state index is 5.54. The summed E-state index contributed by atoms with van der Waals surface area (Å²) in [6, 6.07) is 0. The van der Waals surface area contributed by atoms with Crippen LogP contribution in [-0.2, 0) is 19.4 Å². The lowest BCUT2D eigenvalue weighted by molar-refractivity contribution is 0.613. The Bertz CT molecular complexity index is 253. The summed E-state index contributed by atoms with van der Waals surface area (Å²) in [5, 5.41) is 4.33. The molecular weight excluding hydrogens is 162 g/mol. The third kappa shape index (κ3) is 2.31. The summed E-state index contributed by atoms with van der Waals surface area (Å²) in [5.41, 5.74) is 8.24. The molecule has 1 aromatic rings. The van der Waals surface area contributed by atoms with Crippen molar-refractivity contribution in [2.75, 3.05) is 6.54 Å². The third-order valence-corrected chi connectivity index (χ3v) is 2.24. The predicted octanol–water partition coefficient (Wildman–Crippen LogP) is 1.36. The van der Waals surface area contributed by atoms with E-state index in [0.717, 1.165) is 19.4 Å². The first-order valence-electron chi connectivity index (χ1n) is 5.07. The van der Waals surface area contributed by atoms with E-state index in [1.807, 2.05) is 6.20 Å². The van der Waals surface area contributed by atoms with Gasteiger partial charge in [0.15, 0.2) is 0 Å². The lowest BCUT2D eigenvalue weighted by Gasteiger charge is -2.05.